The van der Waals surface area contributed by atoms with Crippen LogP contribution in [-0.4, -0.2) is 23.2 Å². The molecule has 7 heteroatoms. The molecular weight excluding hydrogens is 408 g/mol. The van der Waals surface area contributed by atoms with Gasteiger partial charge in [0.25, 0.3) is 0 Å². The predicted molar refractivity (Wildman–Crippen MR) is 131 cm³/mol. The Morgan fingerprint density at radius 3 is 2.06 bits per heavy atom. The van der Waals surface area contributed by atoms with Crippen LogP contribution in [0.25, 0.3) is 31.2 Å². The highest BCUT2D eigenvalue weighted by Crippen LogP contribution is 2.49. The molecule has 4 rings (SSSR count). The number of rotatable bonds is 8. The van der Waals surface area contributed by atoms with Crippen LogP contribution < -0.4 is 20.9 Å². The first kappa shape index (κ1) is 21.4. The van der Waals surface area contributed by atoms with Crippen molar-refractivity contribution in [2.45, 2.75) is 40.5 Å². The molecule has 2 aromatic carbocycles. The number of nitrogens with zero attached hydrogens (tertiary/aromatic N) is 2. The number of nitrogen functional groups attached to an aromatic ring is 2. The van der Waals surface area contributed by atoms with Crippen LogP contribution in [0.1, 0.15) is 40.5 Å². The van der Waals surface area contributed by atoms with Crippen LogP contribution in [0.15, 0.2) is 24.3 Å². The lowest BCUT2D eigenvalue weighted by Crippen LogP contribution is -2.05. The van der Waals surface area contributed by atoms with Gasteiger partial charge >= 0.3 is 0 Å². The number of ether oxygens (including phenoxy) is 2. The van der Waals surface area contributed by atoms with Gasteiger partial charge in [0.2, 0.25) is 0 Å². The lowest BCUT2D eigenvalue weighted by molar-refractivity contribution is 0.291. The van der Waals surface area contributed by atoms with E-state index in [1.165, 1.54) is 0 Å². The highest BCUT2D eigenvalue weighted by atomic mass is 32.1. The van der Waals surface area contributed by atoms with Gasteiger partial charge in [0, 0.05) is 0 Å². The number of aromatic nitrogens is 2. The Labute approximate surface area is 186 Å². The summed E-state index contributed by atoms with van der Waals surface area (Å²) < 4.78 is 14.6. The second-order valence-electron chi connectivity index (χ2n) is 8.71. The molecule has 6 nitrogen and oxygen atoms in total. The van der Waals surface area contributed by atoms with E-state index < -0.39 is 0 Å². The van der Waals surface area contributed by atoms with Crippen molar-refractivity contribution in [1.82, 2.24) is 9.97 Å². The Balaban J connectivity index is 2.00. The second-order valence-corrected chi connectivity index (χ2v) is 9.76. The van der Waals surface area contributed by atoms with Gasteiger partial charge in [-0.05, 0) is 36.8 Å². The average molecular weight is 439 g/mol. The topological polar surface area (TPSA) is 96.3 Å². The molecule has 0 fully saturated rings. The van der Waals surface area contributed by atoms with Gasteiger partial charge in [-0.2, -0.15) is 0 Å². The van der Waals surface area contributed by atoms with E-state index in [9.17, 15) is 0 Å². The zero-order valence-corrected chi connectivity index (χ0v) is 19.4. The van der Waals surface area contributed by atoms with Gasteiger partial charge in [-0.1, -0.05) is 39.8 Å². The first-order valence-corrected chi connectivity index (χ1v) is 11.6. The van der Waals surface area contributed by atoms with Crippen LogP contribution in [-0.2, 0) is 0 Å². The van der Waals surface area contributed by atoms with Gasteiger partial charge in [-0.3, -0.25) is 0 Å². The molecule has 2 aromatic heterocycles. The quantitative estimate of drug-likeness (QED) is 0.327. The minimum Gasteiger partial charge on any atom is -0.491 e. The largest absolute Gasteiger partial charge is 0.491 e. The van der Waals surface area contributed by atoms with Crippen LogP contribution >= 0.6 is 11.3 Å². The van der Waals surface area contributed by atoms with Crippen molar-refractivity contribution in [2.75, 3.05) is 24.7 Å². The molecule has 0 spiro atoms. The first-order chi connectivity index (χ1) is 14.9. The van der Waals surface area contributed by atoms with Crippen LogP contribution in [0.4, 0.5) is 11.6 Å². The summed E-state index contributed by atoms with van der Waals surface area (Å²) in [5, 5.41) is 1.42. The standard InChI is InChI=1S/C24H30N4O2S/c1-13(2)9-11-29-20-17-18(24(26)28-23(17)25)21(30-12-10-14(3)4)22-19(20)27-15-7-5-6-8-16(15)31-22/h5-8,13-14H,9-12,26H2,1-4H3,(H2,25,28). The molecule has 164 valence electrons. The summed E-state index contributed by atoms with van der Waals surface area (Å²) in [7, 11) is 0. The Kier molecular flexibility index (Phi) is 6.05. The summed E-state index contributed by atoms with van der Waals surface area (Å²) in [6.07, 6.45) is 1.86. The number of hydrogen-bond acceptors (Lipinski definition) is 7. The maximum absolute atomic E-state index is 6.32. The summed E-state index contributed by atoms with van der Waals surface area (Å²) in [6.45, 7) is 9.85. The van der Waals surface area contributed by atoms with Gasteiger partial charge in [-0.25, -0.2) is 9.97 Å². The molecule has 0 bridgehead atoms. The Morgan fingerprint density at radius 2 is 1.42 bits per heavy atom. The molecule has 0 amide bonds. The number of hydrogen-bond donors (Lipinski definition) is 2. The van der Waals surface area contributed by atoms with Crippen molar-refractivity contribution in [2.24, 2.45) is 11.8 Å². The third kappa shape index (κ3) is 4.19. The molecule has 4 aromatic rings. The molecular formula is C24H30N4O2S. The van der Waals surface area contributed by atoms with Gasteiger partial charge in [0.1, 0.15) is 17.2 Å². The van der Waals surface area contributed by atoms with Gasteiger partial charge in [0.05, 0.1) is 38.9 Å². The Bertz CT molecular complexity index is 1140. The average Bonchev–Trinajstić information content (AvgIpc) is 3.01. The molecule has 0 saturated carbocycles. The number of nitrogens with two attached hydrogens (primary N) is 2. The number of benzene rings is 2. The smallest absolute Gasteiger partial charge is 0.158 e. The summed E-state index contributed by atoms with van der Waals surface area (Å²) in [4.78, 5) is 9.32. The summed E-state index contributed by atoms with van der Waals surface area (Å²) in [6, 6.07) is 8.07. The zero-order valence-electron chi connectivity index (χ0n) is 18.6. The van der Waals surface area contributed by atoms with E-state index in [0.29, 0.717) is 53.6 Å². The molecule has 31 heavy (non-hydrogen) atoms. The zero-order chi connectivity index (χ0) is 22.1. The van der Waals surface area contributed by atoms with E-state index in [1.54, 1.807) is 11.3 Å². The Hall–Kier alpha value is -2.80. The summed E-state index contributed by atoms with van der Waals surface area (Å²) in [5.74, 6) is 3.11. The van der Waals surface area contributed by atoms with Gasteiger partial charge in [0.15, 0.2) is 11.5 Å². The number of anilines is 2. The molecule has 0 aliphatic heterocycles. The van der Waals surface area contributed by atoms with E-state index >= 15 is 0 Å². The normalized spacial score (nSPS) is 11.9. The fourth-order valence-corrected chi connectivity index (χ4v) is 4.61. The SMILES string of the molecule is CC(C)CCOc1c2nc3ccccc3sc2c(OCCC(C)C)c2c(N)nc(N)c12. The van der Waals surface area contributed by atoms with Crippen LogP contribution in [0.5, 0.6) is 11.5 Å². The second kappa shape index (κ2) is 8.75. The van der Waals surface area contributed by atoms with E-state index in [1.807, 2.05) is 18.2 Å². The van der Waals surface area contributed by atoms with Crippen LogP contribution in [0, 0.1) is 11.8 Å². The van der Waals surface area contributed by atoms with Crippen LogP contribution in [0.2, 0.25) is 0 Å². The molecule has 0 unspecified atom stereocenters. The van der Waals surface area contributed by atoms with Crippen molar-refractivity contribution in [3.05, 3.63) is 24.3 Å². The van der Waals surface area contributed by atoms with E-state index in [2.05, 4.69) is 38.7 Å². The molecule has 4 N–H and O–H groups in total. The van der Waals surface area contributed by atoms with Gasteiger partial charge < -0.3 is 20.9 Å². The first-order valence-electron chi connectivity index (χ1n) is 10.8. The lowest BCUT2D eigenvalue weighted by atomic mass is 10.1. The predicted octanol–water partition coefficient (Wildman–Crippen LogP) is 6.01. The maximum Gasteiger partial charge on any atom is 0.158 e. The minimum absolute atomic E-state index is 0.350. The van der Waals surface area contributed by atoms with Crippen LogP contribution in [0.3, 0.4) is 0 Å². The van der Waals surface area contributed by atoms with E-state index in [-0.39, 0.29) is 0 Å². The number of fused-ring (bicyclic) bond motifs is 3. The third-order valence-corrected chi connectivity index (χ3v) is 6.43. The summed E-state index contributed by atoms with van der Waals surface area (Å²) >= 11 is 1.63. The Morgan fingerprint density at radius 1 is 0.839 bits per heavy atom. The fraction of sp³-hybridized carbons (Fsp3) is 0.417. The number of para-hydroxylation sites is 1. The molecule has 0 atom stereocenters. The van der Waals surface area contributed by atoms with Crippen molar-refractivity contribution < 1.29 is 9.47 Å². The molecule has 0 radical (unpaired) electrons. The summed E-state index contributed by atoms with van der Waals surface area (Å²) in [5.41, 5.74) is 14.3. The van der Waals surface area contributed by atoms with Gasteiger partial charge in [-0.15, -0.1) is 11.3 Å². The molecule has 2 heterocycles. The van der Waals surface area contributed by atoms with Crippen molar-refractivity contribution >= 4 is 54.2 Å². The third-order valence-electron chi connectivity index (χ3n) is 5.29. The molecule has 0 aliphatic carbocycles. The lowest BCUT2D eigenvalue weighted by Gasteiger charge is -2.17. The molecule has 0 aliphatic rings. The fourth-order valence-electron chi connectivity index (χ4n) is 3.53. The van der Waals surface area contributed by atoms with E-state index in [4.69, 9.17) is 25.9 Å². The minimum atomic E-state index is 0.350. The highest BCUT2D eigenvalue weighted by Gasteiger charge is 2.25. The van der Waals surface area contributed by atoms with Crippen molar-refractivity contribution in [3.8, 4) is 11.5 Å². The monoisotopic (exact) mass is 438 g/mol. The van der Waals surface area contributed by atoms with Crippen molar-refractivity contribution in [1.29, 1.82) is 0 Å². The van der Waals surface area contributed by atoms with E-state index in [0.717, 1.165) is 38.7 Å². The maximum atomic E-state index is 6.32. The molecule has 0 saturated heterocycles. The highest BCUT2D eigenvalue weighted by molar-refractivity contribution is 7.24. The van der Waals surface area contributed by atoms with Crippen molar-refractivity contribution in [3.63, 3.8) is 0 Å².